The maximum absolute atomic E-state index is 12.5. The van der Waals surface area contributed by atoms with Crippen molar-refractivity contribution in [2.24, 2.45) is 5.92 Å². The van der Waals surface area contributed by atoms with Crippen molar-refractivity contribution >= 4 is 11.8 Å². The van der Waals surface area contributed by atoms with Crippen molar-refractivity contribution < 1.29 is 14.7 Å². The van der Waals surface area contributed by atoms with E-state index in [1.165, 1.54) is 22.3 Å². The summed E-state index contributed by atoms with van der Waals surface area (Å²) in [4.78, 5) is 23.1. The fraction of sp³-hybridized carbons (Fsp3) is 0.364. The van der Waals surface area contributed by atoms with Gasteiger partial charge in [0.25, 0.3) is 0 Å². The second kappa shape index (κ2) is 7.64. The molecule has 3 heteroatoms. The van der Waals surface area contributed by atoms with Crippen LogP contribution in [0.4, 0.5) is 0 Å². The molecule has 2 aromatic carbocycles. The lowest BCUT2D eigenvalue weighted by atomic mass is 9.88. The van der Waals surface area contributed by atoms with Crippen LogP contribution >= 0.6 is 0 Å². The molecule has 130 valence electrons. The first kappa shape index (κ1) is 17.4. The Morgan fingerprint density at radius 1 is 0.960 bits per heavy atom. The van der Waals surface area contributed by atoms with E-state index < -0.39 is 5.97 Å². The minimum absolute atomic E-state index is 0.0637. The highest BCUT2D eigenvalue weighted by Crippen LogP contribution is 2.46. The highest BCUT2D eigenvalue weighted by atomic mass is 16.4. The van der Waals surface area contributed by atoms with Gasteiger partial charge in [0.05, 0.1) is 0 Å². The molecule has 0 aromatic heterocycles. The molecule has 0 saturated carbocycles. The van der Waals surface area contributed by atoms with E-state index in [0.29, 0.717) is 19.3 Å². The summed E-state index contributed by atoms with van der Waals surface area (Å²) in [6.45, 7) is 1.92. The van der Waals surface area contributed by atoms with Crippen LogP contribution in [0.5, 0.6) is 0 Å². The van der Waals surface area contributed by atoms with Crippen molar-refractivity contribution in [3.63, 3.8) is 0 Å². The zero-order valence-electron chi connectivity index (χ0n) is 14.6. The summed E-state index contributed by atoms with van der Waals surface area (Å²) >= 11 is 0. The lowest BCUT2D eigenvalue weighted by Crippen LogP contribution is -2.13. The number of Topliss-reactive ketones (excluding diaryl/α,β-unsaturated/α-hetero) is 1. The molecule has 3 rings (SSSR count). The third-order valence-corrected chi connectivity index (χ3v) is 5.22. The number of carboxylic acid groups (broad SMARTS) is 1. The molecule has 1 aliphatic rings. The number of ketones is 1. The molecule has 0 radical (unpaired) electrons. The number of fused-ring (bicyclic) bond motifs is 3. The van der Waals surface area contributed by atoms with Crippen LogP contribution in [0.25, 0.3) is 11.1 Å². The second-order valence-electron chi connectivity index (χ2n) is 6.92. The average Bonchev–Trinajstić information content (AvgIpc) is 2.93. The van der Waals surface area contributed by atoms with E-state index in [1.807, 2.05) is 6.92 Å². The minimum Gasteiger partial charge on any atom is -0.481 e. The van der Waals surface area contributed by atoms with Gasteiger partial charge in [0, 0.05) is 24.7 Å². The SMILES string of the molecule is CC(CCCC(=O)O)C(=O)CCC1c2ccccc2-c2ccccc21. The molecule has 0 amide bonds. The Morgan fingerprint density at radius 2 is 1.52 bits per heavy atom. The van der Waals surface area contributed by atoms with Crippen LogP contribution in [0.2, 0.25) is 0 Å². The standard InChI is InChI=1S/C22H24O3/c1-15(7-6-12-22(24)25)21(23)14-13-20-18-10-4-2-8-16(18)17-9-3-5-11-19(17)20/h2-5,8-11,15,20H,6-7,12-14H2,1H3,(H,24,25). The monoisotopic (exact) mass is 336 g/mol. The summed E-state index contributed by atoms with van der Waals surface area (Å²) in [5, 5.41) is 8.71. The molecular weight excluding hydrogens is 312 g/mol. The van der Waals surface area contributed by atoms with Crippen molar-refractivity contribution in [1.29, 1.82) is 0 Å². The van der Waals surface area contributed by atoms with E-state index in [2.05, 4.69) is 48.5 Å². The predicted octanol–water partition coefficient (Wildman–Crippen LogP) is 5.04. The van der Waals surface area contributed by atoms with Gasteiger partial charge >= 0.3 is 5.97 Å². The van der Waals surface area contributed by atoms with Gasteiger partial charge in [0.1, 0.15) is 5.78 Å². The molecule has 0 heterocycles. The van der Waals surface area contributed by atoms with E-state index in [4.69, 9.17) is 5.11 Å². The van der Waals surface area contributed by atoms with Gasteiger partial charge in [-0.05, 0) is 41.5 Å². The van der Waals surface area contributed by atoms with Crippen LogP contribution in [-0.2, 0) is 9.59 Å². The number of hydrogen-bond donors (Lipinski definition) is 1. The Kier molecular flexibility index (Phi) is 5.32. The largest absolute Gasteiger partial charge is 0.481 e. The Balaban J connectivity index is 1.65. The zero-order valence-corrected chi connectivity index (χ0v) is 14.6. The Morgan fingerprint density at radius 3 is 2.08 bits per heavy atom. The quantitative estimate of drug-likeness (QED) is 0.735. The summed E-state index contributed by atoms with van der Waals surface area (Å²) in [5.74, 6) is -0.333. The highest BCUT2D eigenvalue weighted by molar-refractivity contribution is 5.82. The molecule has 2 aromatic rings. The number of carboxylic acids is 1. The van der Waals surface area contributed by atoms with Crippen molar-refractivity contribution in [2.75, 3.05) is 0 Å². The van der Waals surface area contributed by atoms with E-state index in [9.17, 15) is 9.59 Å². The Bertz CT molecular complexity index is 733. The third-order valence-electron chi connectivity index (χ3n) is 5.22. The Labute approximate surface area is 148 Å². The summed E-state index contributed by atoms with van der Waals surface area (Å²) < 4.78 is 0. The first-order valence-corrected chi connectivity index (χ1v) is 9.00. The van der Waals surface area contributed by atoms with Gasteiger partial charge < -0.3 is 5.11 Å². The number of benzene rings is 2. The number of aliphatic carboxylic acids is 1. The topological polar surface area (TPSA) is 54.4 Å². The van der Waals surface area contributed by atoms with Crippen LogP contribution in [0.3, 0.4) is 0 Å². The minimum atomic E-state index is -0.793. The van der Waals surface area contributed by atoms with E-state index in [0.717, 1.165) is 6.42 Å². The first-order chi connectivity index (χ1) is 12.1. The van der Waals surface area contributed by atoms with Gasteiger partial charge in [-0.2, -0.15) is 0 Å². The molecule has 0 saturated heterocycles. The maximum Gasteiger partial charge on any atom is 0.303 e. The first-order valence-electron chi connectivity index (χ1n) is 9.00. The molecule has 0 aliphatic heterocycles. The van der Waals surface area contributed by atoms with Crippen LogP contribution in [0.1, 0.15) is 56.1 Å². The smallest absolute Gasteiger partial charge is 0.303 e. The predicted molar refractivity (Wildman–Crippen MR) is 98.6 cm³/mol. The van der Waals surface area contributed by atoms with Crippen molar-refractivity contribution in [3.05, 3.63) is 59.7 Å². The van der Waals surface area contributed by atoms with Gasteiger partial charge in [0.2, 0.25) is 0 Å². The van der Waals surface area contributed by atoms with Crippen molar-refractivity contribution in [3.8, 4) is 11.1 Å². The molecule has 0 fully saturated rings. The number of carbonyl (C=O) groups is 2. The molecule has 0 bridgehead atoms. The number of hydrogen-bond acceptors (Lipinski definition) is 2. The van der Waals surface area contributed by atoms with E-state index in [1.54, 1.807) is 0 Å². The normalized spacial score (nSPS) is 14.0. The zero-order chi connectivity index (χ0) is 17.8. The molecule has 1 atom stereocenters. The lowest BCUT2D eigenvalue weighted by Gasteiger charge is -2.15. The summed E-state index contributed by atoms with van der Waals surface area (Å²) in [7, 11) is 0. The molecule has 1 unspecified atom stereocenters. The molecule has 3 nitrogen and oxygen atoms in total. The molecular formula is C22H24O3. The fourth-order valence-corrected chi connectivity index (χ4v) is 3.82. The van der Waals surface area contributed by atoms with Crippen molar-refractivity contribution in [2.45, 2.75) is 44.9 Å². The average molecular weight is 336 g/mol. The van der Waals surface area contributed by atoms with Crippen LogP contribution in [0.15, 0.2) is 48.5 Å². The van der Waals surface area contributed by atoms with Gasteiger partial charge in [-0.25, -0.2) is 0 Å². The van der Waals surface area contributed by atoms with E-state index in [-0.39, 0.29) is 24.0 Å². The van der Waals surface area contributed by atoms with E-state index >= 15 is 0 Å². The van der Waals surface area contributed by atoms with Gasteiger partial charge in [0.15, 0.2) is 0 Å². The van der Waals surface area contributed by atoms with Crippen LogP contribution in [-0.4, -0.2) is 16.9 Å². The Hall–Kier alpha value is -2.42. The maximum atomic E-state index is 12.5. The number of carbonyl (C=O) groups excluding carboxylic acids is 1. The van der Waals surface area contributed by atoms with Gasteiger partial charge in [-0.15, -0.1) is 0 Å². The van der Waals surface area contributed by atoms with Crippen LogP contribution in [0, 0.1) is 5.92 Å². The van der Waals surface area contributed by atoms with Crippen molar-refractivity contribution in [1.82, 2.24) is 0 Å². The highest BCUT2D eigenvalue weighted by Gasteiger charge is 2.28. The van der Waals surface area contributed by atoms with Gasteiger partial charge in [-0.3, -0.25) is 9.59 Å². The van der Waals surface area contributed by atoms with Crippen LogP contribution < -0.4 is 0 Å². The lowest BCUT2D eigenvalue weighted by molar-refractivity contribution is -0.137. The second-order valence-corrected chi connectivity index (χ2v) is 6.92. The fourth-order valence-electron chi connectivity index (χ4n) is 3.82. The molecule has 0 spiro atoms. The summed E-state index contributed by atoms with van der Waals surface area (Å²) in [6, 6.07) is 16.9. The summed E-state index contributed by atoms with van der Waals surface area (Å²) in [6.07, 6.45) is 2.72. The summed E-state index contributed by atoms with van der Waals surface area (Å²) in [5.41, 5.74) is 5.19. The molecule has 1 aliphatic carbocycles. The molecule has 25 heavy (non-hydrogen) atoms. The number of rotatable bonds is 8. The molecule has 1 N–H and O–H groups in total. The van der Waals surface area contributed by atoms with Gasteiger partial charge in [-0.1, -0.05) is 55.5 Å². The third kappa shape index (κ3) is 3.81.